The van der Waals surface area contributed by atoms with Crippen LogP contribution in [0.15, 0.2) is 70.8 Å². The van der Waals surface area contributed by atoms with Crippen molar-refractivity contribution >= 4 is 53.3 Å². The van der Waals surface area contributed by atoms with Crippen molar-refractivity contribution in [3.8, 4) is 5.75 Å². The molecular formula is C26H18ClN3O9. The van der Waals surface area contributed by atoms with Gasteiger partial charge in [0.15, 0.2) is 0 Å². The highest BCUT2D eigenvalue weighted by Crippen LogP contribution is 2.27. The Hall–Kier alpha value is -5.23. The molecule has 39 heavy (non-hydrogen) atoms. The highest BCUT2D eigenvalue weighted by molar-refractivity contribution is 6.30. The largest absolute Gasteiger partial charge is 0.463 e. The lowest BCUT2D eigenvalue weighted by Crippen LogP contribution is -2.30. The molecule has 1 aliphatic rings. The number of esters is 2. The van der Waals surface area contributed by atoms with Crippen molar-refractivity contribution in [3.05, 3.63) is 104 Å². The summed E-state index contributed by atoms with van der Waals surface area (Å²) in [4.78, 5) is 60.5. The maximum atomic E-state index is 12.9. The van der Waals surface area contributed by atoms with E-state index in [1.54, 1.807) is 0 Å². The Bertz CT molecular complexity index is 1540. The van der Waals surface area contributed by atoms with Gasteiger partial charge in [0.2, 0.25) is 5.76 Å². The smallest absolute Gasteiger partial charge is 0.373 e. The molecule has 0 unspecified atom stereocenters. The first-order chi connectivity index (χ1) is 18.6. The number of ether oxygens (including phenoxy) is 2. The summed E-state index contributed by atoms with van der Waals surface area (Å²) in [6, 6.07) is 11.9. The Balaban J connectivity index is 1.49. The SMILES string of the molecule is COC(=O)c1ccc(CN2C(=O)N/C(=C\c3cc(Cl)ccc3OC(=O)/C=C/c3ccc([N+](=O)[O-])cc3)C2=O)o1. The van der Waals surface area contributed by atoms with Crippen LogP contribution < -0.4 is 10.1 Å². The number of benzene rings is 2. The number of hydrogen-bond donors (Lipinski definition) is 1. The summed E-state index contributed by atoms with van der Waals surface area (Å²) in [7, 11) is 1.19. The van der Waals surface area contributed by atoms with Gasteiger partial charge in [-0.3, -0.25) is 19.8 Å². The molecule has 0 radical (unpaired) electrons. The molecule has 1 aromatic heterocycles. The van der Waals surface area contributed by atoms with E-state index in [0.717, 1.165) is 11.0 Å². The van der Waals surface area contributed by atoms with Crippen LogP contribution in [-0.2, 0) is 20.9 Å². The Kier molecular flexibility index (Phi) is 7.87. The second-order valence-electron chi connectivity index (χ2n) is 7.92. The Morgan fingerprint density at radius 3 is 2.56 bits per heavy atom. The number of nitro benzene ring substituents is 1. The molecule has 1 N–H and O–H groups in total. The molecule has 0 bridgehead atoms. The zero-order valence-electron chi connectivity index (χ0n) is 20.1. The summed E-state index contributed by atoms with van der Waals surface area (Å²) in [6.45, 7) is -0.246. The van der Waals surface area contributed by atoms with Gasteiger partial charge in [0, 0.05) is 28.8 Å². The van der Waals surface area contributed by atoms with Crippen molar-refractivity contribution in [2.45, 2.75) is 6.54 Å². The Labute approximate surface area is 225 Å². The molecule has 4 rings (SSSR count). The quantitative estimate of drug-likeness (QED) is 0.107. The van der Waals surface area contributed by atoms with Crippen molar-refractivity contribution in [1.29, 1.82) is 0 Å². The summed E-state index contributed by atoms with van der Waals surface area (Å²) >= 11 is 6.09. The number of carbonyl (C=O) groups is 4. The van der Waals surface area contributed by atoms with Crippen molar-refractivity contribution in [2.24, 2.45) is 0 Å². The van der Waals surface area contributed by atoms with Crippen molar-refractivity contribution in [3.63, 3.8) is 0 Å². The summed E-state index contributed by atoms with van der Waals surface area (Å²) in [6.07, 6.45) is 3.85. The molecule has 0 atom stereocenters. The standard InChI is InChI=1S/C26H18ClN3O9/c1-37-25(33)22-10-8-19(38-22)14-29-24(32)20(28-26(29)34)13-16-12-17(27)5-9-21(16)39-23(31)11-4-15-2-6-18(7-3-15)30(35)36/h2-13H,14H2,1H3,(H,28,34)/b11-4+,20-13-. The fourth-order valence-electron chi connectivity index (χ4n) is 3.44. The number of halogens is 1. The summed E-state index contributed by atoms with van der Waals surface area (Å²) in [5, 5.41) is 13.5. The van der Waals surface area contributed by atoms with Crippen LogP contribution in [0.2, 0.25) is 5.02 Å². The first kappa shape index (κ1) is 26.8. The predicted molar refractivity (Wildman–Crippen MR) is 136 cm³/mol. The number of methoxy groups -OCH3 is 1. The number of carbonyl (C=O) groups excluding carboxylic acids is 4. The van der Waals surface area contributed by atoms with Gasteiger partial charge in [-0.2, -0.15) is 0 Å². The van der Waals surface area contributed by atoms with E-state index in [4.69, 9.17) is 20.8 Å². The van der Waals surface area contributed by atoms with E-state index in [2.05, 4.69) is 10.1 Å². The average molecular weight is 552 g/mol. The molecule has 13 heteroatoms. The summed E-state index contributed by atoms with van der Waals surface area (Å²) in [5.74, 6) is -2.01. The molecular weight excluding hydrogens is 534 g/mol. The van der Waals surface area contributed by atoms with Gasteiger partial charge in [-0.15, -0.1) is 0 Å². The number of nitro groups is 1. The van der Waals surface area contributed by atoms with Crippen LogP contribution in [0, 0.1) is 10.1 Å². The van der Waals surface area contributed by atoms with Crippen LogP contribution >= 0.6 is 11.6 Å². The number of non-ortho nitro benzene ring substituents is 1. The van der Waals surface area contributed by atoms with Crippen molar-refractivity contribution in [1.82, 2.24) is 10.2 Å². The van der Waals surface area contributed by atoms with Crippen molar-refractivity contribution < 1.29 is 38.0 Å². The molecule has 2 aromatic carbocycles. The van der Waals surface area contributed by atoms with E-state index in [1.807, 2.05) is 0 Å². The van der Waals surface area contributed by atoms with Gasteiger partial charge < -0.3 is 19.2 Å². The molecule has 0 spiro atoms. The minimum Gasteiger partial charge on any atom is -0.463 e. The van der Waals surface area contributed by atoms with Gasteiger partial charge in [-0.1, -0.05) is 11.6 Å². The predicted octanol–water partition coefficient (Wildman–Crippen LogP) is 4.34. The Morgan fingerprint density at radius 1 is 1.13 bits per heavy atom. The van der Waals surface area contributed by atoms with Gasteiger partial charge >= 0.3 is 18.0 Å². The van der Waals surface area contributed by atoms with Crippen LogP contribution in [0.25, 0.3) is 12.2 Å². The molecule has 0 aliphatic carbocycles. The maximum Gasteiger partial charge on any atom is 0.373 e. The zero-order chi connectivity index (χ0) is 28.1. The highest BCUT2D eigenvalue weighted by Gasteiger charge is 2.34. The third-order valence-corrected chi connectivity index (χ3v) is 5.56. The minimum absolute atomic E-state index is 0.0551. The van der Waals surface area contributed by atoms with E-state index >= 15 is 0 Å². The monoisotopic (exact) mass is 551 g/mol. The number of nitrogens with zero attached hydrogens (tertiary/aromatic N) is 2. The van der Waals surface area contributed by atoms with Crippen LogP contribution in [-0.4, -0.2) is 40.8 Å². The number of furan rings is 1. The molecule has 3 amide bonds. The van der Waals surface area contributed by atoms with Gasteiger partial charge in [0.25, 0.3) is 11.6 Å². The van der Waals surface area contributed by atoms with Gasteiger partial charge in [0.1, 0.15) is 17.2 Å². The molecule has 1 fully saturated rings. The lowest BCUT2D eigenvalue weighted by Gasteiger charge is -2.09. The molecule has 12 nitrogen and oxygen atoms in total. The lowest BCUT2D eigenvalue weighted by molar-refractivity contribution is -0.384. The second-order valence-corrected chi connectivity index (χ2v) is 8.36. The second kappa shape index (κ2) is 11.4. The number of rotatable bonds is 8. The van der Waals surface area contributed by atoms with E-state index in [-0.39, 0.29) is 45.8 Å². The van der Waals surface area contributed by atoms with Gasteiger partial charge in [-0.05, 0) is 60.2 Å². The number of urea groups is 1. The first-order valence-electron chi connectivity index (χ1n) is 11.1. The molecule has 2 heterocycles. The topological polar surface area (TPSA) is 158 Å². The summed E-state index contributed by atoms with van der Waals surface area (Å²) in [5.41, 5.74) is 0.568. The number of imide groups is 1. The lowest BCUT2D eigenvalue weighted by atomic mass is 10.1. The first-order valence-corrected chi connectivity index (χ1v) is 11.5. The van der Waals surface area contributed by atoms with Gasteiger partial charge in [-0.25, -0.2) is 14.4 Å². The normalized spacial score (nSPS) is 14.1. The fourth-order valence-corrected chi connectivity index (χ4v) is 3.62. The molecule has 0 saturated carbocycles. The summed E-state index contributed by atoms with van der Waals surface area (Å²) < 4.78 is 15.3. The molecule has 1 aliphatic heterocycles. The van der Waals surface area contributed by atoms with E-state index in [1.165, 1.54) is 73.9 Å². The van der Waals surface area contributed by atoms with Crippen LogP contribution in [0.5, 0.6) is 5.75 Å². The number of nitrogens with one attached hydrogen (secondary N) is 1. The Morgan fingerprint density at radius 2 is 1.87 bits per heavy atom. The molecule has 198 valence electrons. The fraction of sp³-hybridized carbons (Fsp3) is 0.0769. The molecule has 1 saturated heterocycles. The third kappa shape index (κ3) is 6.37. The zero-order valence-corrected chi connectivity index (χ0v) is 20.8. The van der Waals surface area contributed by atoms with Crippen LogP contribution in [0.1, 0.15) is 27.4 Å². The van der Waals surface area contributed by atoms with Crippen LogP contribution in [0.4, 0.5) is 10.5 Å². The van der Waals surface area contributed by atoms with Crippen LogP contribution in [0.3, 0.4) is 0 Å². The van der Waals surface area contributed by atoms with Crippen molar-refractivity contribution in [2.75, 3.05) is 7.11 Å². The minimum atomic E-state index is -0.766. The van der Waals surface area contributed by atoms with Gasteiger partial charge in [0.05, 0.1) is 18.6 Å². The molecule has 3 aromatic rings. The maximum absolute atomic E-state index is 12.9. The van der Waals surface area contributed by atoms with E-state index in [0.29, 0.717) is 5.56 Å². The van der Waals surface area contributed by atoms with E-state index in [9.17, 15) is 29.3 Å². The highest BCUT2D eigenvalue weighted by atomic mass is 35.5. The number of amides is 3. The third-order valence-electron chi connectivity index (χ3n) is 5.32. The number of hydrogen-bond acceptors (Lipinski definition) is 9. The van der Waals surface area contributed by atoms with E-state index < -0.39 is 28.8 Å². The average Bonchev–Trinajstić information content (AvgIpc) is 3.49.